The SMILES string of the molecule is Cn1cnc(-c2cc3c(n4cnnc24)NCc2c(F)ccc4c2[C@H](CO4)CO3)c1. The molecule has 0 amide bonds. The van der Waals surface area contributed by atoms with E-state index in [1.165, 1.54) is 6.07 Å². The molecule has 0 fully saturated rings. The van der Waals surface area contributed by atoms with Crippen LogP contribution in [0.5, 0.6) is 11.5 Å². The summed E-state index contributed by atoms with van der Waals surface area (Å²) in [5.74, 6) is 1.77. The van der Waals surface area contributed by atoms with Crippen molar-refractivity contribution in [2.45, 2.75) is 12.5 Å². The van der Waals surface area contributed by atoms with Crippen molar-refractivity contribution < 1.29 is 13.9 Å². The van der Waals surface area contributed by atoms with Gasteiger partial charge in [0.2, 0.25) is 0 Å². The minimum absolute atomic E-state index is 0.0293. The normalized spacial score (nSPS) is 17.4. The third-order valence-corrected chi connectivity index (χ3v) is 5.50. The summed E-state index contributed by atoms with van der Waals surface area (Å²) in [6, 6.07) is 5.06. The molecule has 1 N–H and O–H groups in total. The molecule has 0 bridgehead atoms. The predicted octanol–water partition coefficient (Wildman–Crippen LogP) is 2.75. The zero-order valence-electron chi connectivity index (χ0n) is 15.6. The predicted molar refractivity (Wildman–Crippen MR) is 103 cm³/mol. The van der Waals surface area contributed by atoms with E-state index in [0.717, 1.165) is 22.6 Å². The number of benzene rings is 1. The van der Waals surface area contributed by atoms with Gasteiger partial charge in [0.15, 0.2) is 17.2 Å². The van der Waals surface area contributed by atoms with Crippen LogP contribution < -0.4 is 14.8 Å². The molecule has 9 heteroatoms. The molecule has 0 saturated heterocycles. The van der Waals surface area contributed by atoms with Gasteiger partial charge in [0, 0.05) is 30.9 Å². The fourth-order valence-electron chi connectivity index (χ4n) is 4.13. The molecule has 0 spiro atoms. The van der Waals surface area contributed by atoms with E-state index in [2.05, 4.69) is 20.5 Å². The Balaban J connectivity index is 1.52. The van der Waals surface area contributed by atoms with Gasteiger partial charge in [-0.1, -0.05) is 0 Å². The number of hydrogen-bond acceptors (Lipinski definition) is 6. The Morgan fingerprint density at radius 3 is 2.86 bits per heavy atom. The largest absolute Gasteiger partial charge is 0.493 e. The van der Waals surface area contributed by atoms with Crippen LogP contribution in [0, 0.1) is 5.82 Å². The molecule has 0 radical (unpaired) electrons. The van der Waals surface area contributed by atoms with E-state index in [1.807, 2.05) is 28.3 Å². The Hall–Kier alpha value is -3.62. The lowest BCUT2D eigenvalue weighted by molar-refractivity contribution is 0.249. The number of anilines is 1. The Morgan fingerprint density at radius 1 is 1.17 bits per heavy atom. The Kier molecular flexibility index (Phi) is 3.35. The quantitative estimate of drug-likeness (QED) is 0.537. The minimum atomic E-state index is -0.250. The maximum Gasteiger partial charge on any atom is 0.171 e. The van der Waals surface area contributed by atoms with E-state index in [0.29, 0.717) is 42.5 Å². The second-order valence-corrected chi connectivity index (χ2v) is 7.33. The number of hydrogen-bond donors (Lipinski definition) is 1. The highest BCUT2D eigenvalue weighted by molar-refractivity contribution is 5.79. The smallest absolute Gasteiger partial charge is 0.171 e. The summed E-state index contributed by atoms with van der Waals surface area (Å²) in [5, 5.41) is 11.7. The summed E-state index contributed by atoms with van der Waals surface area (Å²) < 4.78 is 30.3. The van der Waals surface area contributed by atoms with Crippen molar-refractivity contribution in [3.63, 3.8) is 0 Å². The lowest BCUT2D eigenvalue weighted by Crippen LogP contribution is -2.13. The van der Waals surface area contributed by atoms with Crippen LogP contribution in [0.2, 0.25) is 0 Å². The number of aromatic nitrogens is 5. The lowest BCUT2D eigenvalue weighted by atomic mass is 9.96. The van der Waals surface area contributed by atoms with Crippen molar-refractivity contribution in [1.29, 1.82) is 0 Å². The minimum Gasteiger partial charge on any atom is -0.493 e. The Bertz CT molecular complexity index is 1260. The van der Waals surface area contributed by atoms with Crippen molar-refractivity contribution >= 4 is 11.5 Å². The summed E-state index contributed by atoms with van der Waals surface area (Å²) in [6.45, 7) is 1.16. The van der Waals surface area contributed by atoms with Crippen LogP contribution in [0.25, 0.3) is 16.9 Å². The van der Waals surface area contributed by atoms with E-state index < -0.39 is 0 Å². The molecule has 2 aliphatic rings. The Labute approximate surface area is 164 Å². The fourth-order valence-corrected chi connectivity index (χ4v) is 4.13. The molecule has 4 aromatic rings. The molecule has 0 saturated carbocycles. The molecular weight excluding hydrogens is 375 g/mol. The first kappa shape index (κ1) is 16.3. The lowest BCUT2D eigenvalue weighted by Gasteiger charge is -2.16. The van der Waals surface area contributed by atoms with E-state index in [-0.39, 0.29) is 11.7 Å². The van der Waals surface area contributed by atoms with Crippen molar-refractivity contribution in [3.8, 4) is 22.8 Å². The summed E-state index contributed by atoms with van der Waals surface area (Å²) in [5.41, 5.74) is 3.73. The van der Waals surface area contributed by atoms with Gasteiger partial charge in [-0.2, -0.15) is 0 Å². The van der Waals surface area contributed by atoms with Gasteiger partial charge in [-0.25, -0.2) is 9.37 Å². The molecule has 2 aliphatic heterocycles. The monoisotopic (exact) mass is 392 g/mol. The maximum absolute atomic E-state index is 14.6. The van der Waals surface area contributed by atoms with Crippen LogP contribution in [0.1, 0.15) is 17.0 Å². The zero-order valence-corrected chi connectivity index (χ0v) is 15.6. The van der Waals surface area contributed by atoms with E-state index >= 15 is 0 Å². The standard InChI is InChI=1S/C20H17FN6O2/c1-26-6-15(23-9-26)12-4-17-20(27-10-24-25-19(12)27)22-5-13-14(21)2-3-16-18(13)11(7-28-16)8-29-17/h2-4,6,9-11,22H,5,7-8H2,1H3/t11-/m1/s1. The number of halogens is 1. The molecule has 8 nitrogen and oxygen atoms in total. The molecule has 29 heavy (non-hydrogen) atoms. The van der Waals surface area contributed by atoms with Crippen LogP contribution in [-0.4, -0.2) is 37.4 Å². The van der Waals surface area contributed by atoms with E-state index in [1.54, 1.807) is 18.7 Å². The molecule has 1 atom stereocenters. The number of pyridine rings is 1. The number of nitrogens with zero attached hydrogens (tertiary/aromatic N) is 5. The number of imidazole rings is 1. The van der Waals surface area contributed by atoms with Gasteiger partial charge >= 0.3 is 0 Å². The molecule has 1 aromatic carbocycles. The van der Waals surface area contributed by atoms with Crippen molar-refractivity contribution in [1.82, 2.24) is 24.1 Å². The number of fused-ring (bicyclic) bond motifs is 3. The van der Waals surface area contributed by atoms with Gasteiger partial charge in [-0.3, -0.25) is 4.40 Å². The number of aryl methyl sites for hydroxylation is 1. The molecule has 146 valence electrons. The average Bonchev–Trinajstić information content (AvgIpc) is 3.45. The van der Waals surface area contributed by atoms with Gasteiger partial charge in [-0.15, -0.1) is 10.2 Å². The molecule has 3 aromatic heterocycles. The fraction of sp³-hybridized carbons (Fsp3) is 0.250. The van der Waals surface area contributed by atoms with Gasteiger partial charge in [0.1, 0.15) is 17.9 Å². The van der Waals surface area contributed by atoms with Gasteiger partial charge in [0.05, 0.1) is 36.7 Å². The van der Waals surface area contributed by atoms with Crippen LogP contribution in [-0.2, 0) is 13.6 Å². The topological polar surface area (TPSA) is 78.5 Å². The van der Waals surface area contributed by atoms with Crippen LogP contribution in [0.15, 0.2) is 37.1 Å². The van der Waals surface area contributed by atoms with Crippen LogP contribution in [0.4, 0.5) is 10.2 Å². The molecule has 0 aliphatic carbocycles. The van der Waals surface area contributed by atoms with Gasteiger partial charge in [0.25, 0.3) is 0 Å². The summed E-state index contributed by atoms with van der Waals surface area (Å²) in [6.07, 6.45) is 5.27. The molecule has 6 rings (SSSR count). The van der Waals surface area contributed by atoms with Crippen LogP contribution >= 0.6 is 0 Å². The molecule has 5 heterocycles. The first-order valence-corrected chi connectivity index (χ1v) is 9.35. The first-order valence-electron chi connectivity index (χ1n) is 9.35. The summed E-state index contributed by atoms with van der Waals surface area (Å²) in [7, 11) is 1.91. The highest BCUT2D eigenvalue weighted by Crippen LogP contribution is 2.41. The van der Waals surface area contributed by atoms with Crippen molar-refractivity contribution in [3.05, 3.63) is 54.0 Å². The Morgan fingerprint density at radius 2 is 2.03 bits per heavy atom. The van der Waals surface area contributed by atoms with Gasteiger partial charge in [-0.05, 0) is 18.2 Å². The molecule has 0 unspecified atom stereocenters. The number of ether oxygens (including phenoxy) is 2. The van der Waals surface area contributed by atoms with Crippen LogP contribution in [0.3, 0.4) is 0 Å². The zero-order chi connectivity index (χ0) is 19.5. The summed E-state index contributed by atoms with van der Waals surface area (Å²) >= 11 is 0. The highest BCUT2D eigenvalue weighted by atomic mass is 19.1. The van der Waals surface area contributed by atoms with Crippen molar-refractivity contribution in [2.24, 2.45) is 7.05 Å². The molecular formula is C20H17FN6O2. The third-order valence-electron chi connectivity index (χ3n) is 5.50. The summed E-state index contributed by atoms with van der Waals surface area (Å²) in [4.78, 5) is 4.44. The average molecular weight is 392 g/mol. The maximum atomic E-state index is 14.6. The van der Waals surface area contributed by atoms with E-state index in [4.69, 9.17) is 9.47 Å². The number of nitrogens with one attached hydrogen (secondary N) is 1. The third kappa shape index (κ3) is 2.40. The second-order valence-electron chi connectivity index (χ2n) is 7.33. The van der Waals surface area contributed by atoms with Gasteiger partial charge < -0.3 is 19.4 Å². The first-order chi connectivity index (χ1) is 14.2. The van der Waals surface area contributed by atoms with E-state index in [9.17, 15) is 4.39 Å². The highest BCUT2D eigenvalue weighted by Gasteiger charge is 2.31. The van der Waals surface area contributed by atoms with Crippen molar-refractivity contribution in [2.75, 3.05) is 18.5 Å². The second kappa shape index (κ2) is 5.94. The number of rotatable bonds is 1.